The van der Waals surface area contributed by atoms with Gasteiger partial charge in [-0.3, -0.25) is 9.59 Å². The fraction of sp³-hybridized carbons (Fsp3) is 0.0800. The summed E-state index contributed by atoms with van der Waals surface area (Å²) in [5.74, 6) is -0.0283. The molecule has 4 rings (SSSR count). The second kappa shape index (κ2) is 9.07. The molecule has 3 aromatic rings. The van der Waals surface area contributed by atoms with E-state index in [0.29, 0.717) is 39.0 Å². The molecule has 7 nitrogen and oxygen atoms in total. The minimum Gasteiger partial charge on any atom is -0.497 e. The number of hydrogen-bond donors (Lipinski definition) is 1. The van der Waals surface area contributed by atoms with Crippen LogP contribution < -0.4 is 19.7 Å². The lowest BCUT2D eigenvalue weighted by Crippen LogP contribution is -2.32. The number of methoxy groups -OCH3 is 2. The van der Waals surface area contributed by atoms with Crippen molar-refractivity contribution in [1.29, 1.82) is 5.26 Å². The van der Waals surface area contributed by atoms with E-state index in [0.717, 1.165) is 4.90 Å². The van der Waals surface area contributed by atoms with Crippen molar-refractivity contribution in [3.05, 3.63) is 88.6 Å². The number of ether oxygens (including phenoxy) is 2. The van der Waals surface area contributed by atoms with Gasteiger partial charge in [0, 0.05) is 11.1 Å². The molecule has 0 aromatic heterocycles. The standard InChI is InChI=1S/C25H18ClN3O4/c1-32-19-11-12-21(33-2)20(13-19)28-23-22(16-5-7-17(26)8-6-16)24(30)29(25(23)31)18-9-3-15(14-27)4-10-18/h3-13,28H,1-2H3. The van der Waals surface area contributed by atoms with Gasteiger partial charge < -0.3 is 14.8 Å². The molecular weight excluding hydrogens is 442 g/mol. The average Bonchev–Trinajstić information content (AvgIpc) is 3.08. The second-order valence-corrected chi connectivity index (χ2v) is 7.49. The van der Waals surface area contributed by atoms with Crippen LogP contribution in [0, 0.1) is 11.3 Å². The van der Waals surface area contributed by atoms with Crippen LogP contribution in [-0.4, -0.2) is 26.0 Å². The van der Waals surface area contributed by atoms with E-state index in [-0.39, 0.29) is 11.3 Å². The molecule has 1 aliphatic rings. The van der Waals surface area contributed by atoms with Crippen LogP contribution >= 0.6 is 11.6 Å². The van der Waals surface area contributed by atoms with Gasteiger partial charge >= 0.3 is 0 Å². The Morgan fingerprint density at radius 2 is 1.61 bits per heavy atom. The molecule has 0 spiro atoms. The molecule has 1 N–H and O–H groups in total. The van der Waals surface area contributed by atoms with E-state index in [9.17, 15) is 9.59 Å². The van der Waals surface area contributed by atoms with Gasteiger partial charge in [0.1, 0.15) is 17.2 Å². The van der Waals surface area contributed by atoms with Crippen LogP contribution in [0.25, 0.3) is 5.57 Å². The number of benzene rings is 3. The first-order valence-electron chi connectivity index (χ1n) is 9.85. The van der Waals surface area contributed by atoms with Gasteiger partial charge in [-0.05, 0) is 54.1 Å². The molecular formula is C25H18ClN3O4. The van der Waals surface area contributed by atoms with Crippen molar-refractivity contribution in [2.24, 2.45) is 0 Å². The van der Waals surface area contributed by atoms with Gasteiger partial charge in [-0.2, -0.15) is 5.26 Å². The highest BCUT2D eigenvalue weighted by atomic mass is 35.5. The quantitative estimate of drug-likeness (QED) is 0.540. The van der Waals surface area contributed by atoms with E-state index in [4.69, 9.17) is 26.3 Å². The number of amides is 2. The highest BCUT2D eigenvalue weighted by molar-refractivity contribution is 6.46. The Hall–Kier alpha value is -4.28. The van der Waals surface area contributed by atoms with Gasteiger partial charge in [-0.1, -0.05) is 23.7 Å². The predicted molar refractivity (Wildman–Crippen MR) is 125 cm³/mol. The third-order valence-electron chi connectivity index (χ3n) is 5.14. The van der Waals surface area contributed by atoms with E-state index in [1.54, 1.807) is 66.7 Å². The number of halogens is 1. The topological polar surface area (TPSA) is 91.7 Å². The monoisotopic (exact) mass is 459 g/mol. The van der Waals surface area contributed by atoms with Crippen molar-refractivity contribution < 1.29 is 19.1 Å². The van der Waals surface area contributed by atoms with E-state index < -0.39 is 11.8 Å². The maximum absolute atomic E-state index is 13.5. The third-order valence-corrected chi connectivity index (χ3v) is 5.39. The van der Waals surface area contributed by atoms with Gasteiger partial charge in [0.05, 0.1) is 42.8 Å². The van der Waals surface area contributed by atoms with Crippen molar-refractivity contribution in [3.63, 3.8) is 0 Å². The fourth-order valence-corrected chi connectivity index (χ4v) is 3.62. The van der Waals surface area contributed by atoms with Gasteiger partial charge in [-0.25, -0.2) is 4.90 Å². The Bertz CT molecular complexity index is 1310. The molecule has 164 valence electrons. The lowest BCUT2D eigenvalue weighted by Gasteiger charge is -2.16. The maximum atomic E-state index is 13.5. The van der Waals surface area contributed by atoms with Crippen LogP contribution in [0.4, 0.5) is 11.4 Å². The zero-order valence-corrected chi connectivity index (χ0v) is 18.5. The molecule has 33 heavy (non-hydrogen) atoms. The fourth-order valence-electron chi connectivity index (χ4n) is 3.50. The summed E-state index contributed by atoms with van der Waals surface area (Å²) in [6.07, 6.45) is 0. The summed E-state index contributed by atoms with van der Waals surface area (Å²) >= 11 is 6.02. The Morgan fingerprint density at radius 1 is 0.909 bits per heavy atom. The molecule has 3 aromatic carbocycles. The van der Waals surface area contributed by atoms with Crippen LogP contribution in [0.15, 0.2) is 72.4 Å². The lowest BCUT2D eigenvalue weighted by molar-refractivity contribution is -0.120. The van der Waals surface area contributed by atoms with E-state index >= 15 is 0 Å². The molecule has 1 heterocycles. The lowest BCUT2D eigenvalue weighted by atomic mass is 10.0. The first-order valence-corrected chi connectivity index (χ1v) is 10.2. The first kappa shape index (κ1) is 21.9. The molecule has 0 fully saturated rings. The van der Waals surface area contributed by atoms with Gasteiger partial charge in [0.2, 0.25) is 0 Å². The van der Waals surface area contributed by atoms with Crippen molar-refractivity contribution in [3.8, 4) is 17.6 Å². The Balaban J connectivity index is 1.84. The third kappa shape index (κ3) is 4.12. The van der Waals surface area contributed by atoms with Crippen LogP contribution in [-0.2, 0) is 9.59 Å². The first-order chi connectivity index (χ1) is 16.0. The Kier molecular flexibility index (Phi) is 6.03. The van der Waals surface area contributed by atoms with Crippen LogP contribution in [0.3, 0.4) is 0 Å². The number of hydrogen-bond acceptors (Lipinski definition) is 6. The highest BCUT2D eigenvalue weighted by Gasteiger charge is 2.40. The molecule has 1 aliphatic heterocycles. The summed E-state index contributed by atoms with van der Waals surface area (Å²) in [7, 11) is 3.03. The number of nitrogens with one attached hydrogen (secondary N) is 1. The average molecular weight is 460 g/mol. The molecule has 0 saturated carbocycles. The van der Waals surface area contributed by atoms with E-state index in [1.807, 2.05) is 6.07 Å². The molecule has 0 bridgehead atoms. The molecule has 0 aliphatic carbocycles. The molecule has 2 amide bonds. The smallest absolute Gasteiger partial charge is 0.282 e. The number of carbonyl (C=O) groups excluding carboxylic acids is 2. The number of nitriles is 1. The number of imide groups is 1. The van der Waals surface area contributed by atoms with Crippen LogP contribution in [0.1, 0.15) is 11.1 Å². The maximum Gasteiger partial charge on any atom is 0.282 e. The van der Waals surface area contributed by atoms with Crippen LogP contribution in [0.5, 0.6) is 11.5 Å². The van der Waals surface area contributed by atoms with E-state index in [2.05, 4.69) is 5.32 Å². The zero-order valence-electron chi connectivity index (χ0n) is 17.8. The van der Waals surface area contributed by atoms with Crippen molar-refractivity contribution in [1.82, 2.24) is 0 Å². The normalized spacial score (nSPS) is 13.2. The Labute approximate surface area is 195 Å². The number of anilines is 2. The summed E-state index contributed by atoms with van der Waals surface area (Å²) < 4.78 is 10.7. The number of nitrogens with zero attached hydrogens (tertiary/aromatic N) is 2. The molecule has 0 unspecified atom stereocenters. The largest absolute Gasteiger partial charge is 0.497 e. The van der Waals surface area contributed by atoms with Gasteiger partial charge in [-0.15, -0.1) is 0 Å². The van der Waals surface area contributed by atoms with Crippen molar-refractivity contribution >= 4 is 40.4 Å². The van der Waals surface area contributed by atoms with Crippen molar-refractivity contribution in [2.45, 2.75) is 0 Å². The highest BCUT2D eigenvalue weighted by Crippen LogP contribution is 2.37. The van der Waals surface area contributed by atoms with Gasteiger partial charge in [0.25, 0.3) is 11.8 Å². The summed E-state index contributed by atoms with van der Waals surface area (Å²) in [6, 6.07) is 20.0. The SMILES string of the molecule is COc1ccc(OC)c(NC2=C(c3ccc(Cl)cc3)C(=O)N(c3ccc(C#N)cc3)C2=O)c1. The molecule has 8 heteroatoms. The summed E-state index contributed by atoms with van der Waals surface area (Å²) in [5, 5.41) is 12.6. The predicted octanol–water partition coefficient (Wildman–Crippen LogP) is 4.63. The molecule has 0 saturated heterocycles. The van der Waals surface area contributed by atoms with Crippen LogP contribution in [0.2, 0.25) is 5.02 Å². The second-order valence-electron chi connectivity index (χ2n) is 7.05. The summed E-state index contributed by atoms with van der Waals surface area (Å²) in [6.45, 7) is 0. The number of carbonyl (C=O) groups is 2. The van der Waals surface area contributed by atoms with Crippen molar-refractivity contribution in [2.75, 3.05) is 24.4 Å². The minimum atomic E-state index is -0.542. The molecule has 0 atom stereocenters. The summed E-state index contributed by atoms with van der Waals surface area (Å²) in [4.78, 5) is 28.1. The van der Waals surface area contributed by atoms with Gasteiger partial charge in [0.15, 0.2) is 0 Å². The summed E-state index contributed by atoms with van der Waals surface area (Å²) in [5.41, 5.74) is 2.02. The molecule has 0 radical (unpaired) electrons. The minimum absolute atomic E-state index is 0.0817. The number of rotatable bonds is 6. The van der Waals surface area contributed by atoms with E-state index in [1.165, 1.54) is 14.2 Å². The zero-order chi connectivity index (χ0) is 23.5. The Morgan fingerprint density at radius 3 is 2.21 bits per heavy atom.